The Balaban J connectivity index is 0.000000189. The third kappa shape index (κ3) is 8.69. The molecule has 0 bridgehead atoms. The molecule has 2 aliphatic heterocycles. The number of carbonyl (C=O) groups is 4. The predicted octanol–water partition coefficient (Wildman–Crippen LogP) is 3.44. The Kier molecular flexibility index (Phi) is 10.5. The highest BCUT2D eigenvalue weighted by Crippen LogP contribution is 2.37. The summed E-state index contributed by atoms with van der Waals surface area (Å²) < 4.78 is 40.9. The Hall–Kier alpha value is -3.97. The largest absolute Gasteiger partial charge is 0.449 e. The van der Waals surface area contributed by atoms with Gasteiger partial charge in [0.15, 0.2) is 6.61 Å². The van der Waals surface area contributed by atoms with E-state index < -0.39 is 36.5 Å². The van der Waals surface area contributed by atoms with Gasteiger partial charge in [0.05, 0.1) is 12.1 Å². The molecule has 6 rings (SSSR count). The van der Waals surface area contributed by atoms with E-state index in [-0.39, 0.29) is 30.7 Å². The number of nitrogens with zero attached hydrogens (tertiary/aromatic N) is 4. The van der Waals surface area contributed by atoms with Gasteiger partial charge >= 0.3 is 29.9 Å². The molecule has 3 amide bonds. The van der Waals surface area contributed by atoms with Crippen LogP contribution in [-0.2, 0) is 23.9 Å². The van der Waals surface area contributed by atoms with Gasteiger partial charge in [-0.05, 0) is 50.7 Å². The van der Waals surface area contributed by atoms with Crippen LogP contribution in [0.4, 0.5) is 13.2 Å². The van der Waals surface area contributed by atoms with Crippen LogP contribution < -0.4 is 5.73 Å². The Morgan fingerprint density at radius 2 is 1.11 bits per heavy atom. The lowest BCUT2D eigenvalue weighted by atomic mass is 9.99. The van der Waals surface area contributed by atoms with E-state index in [9.17, 15) is 32.3 Å². The van der Waals surface area contributed by atoms with Gasteiger partial charge in [0.25, 0.3) is 0 Å². The number of hydrogen-bond acceptors (Lipinski definition) is 7. The summed E-state index contributed by atoms with van der Waals surface area (Å²) in [6.45, 7) is 4.46. The van der Waals surface area contributed by atoms with Gasteiger partial charge in [-0.25, -0.2) is 4.79 Å². The number of primary amides is 1. The van der Waals surface area contributed by atoms with E-state index in [1.54, 1.807) is 4.90 Å². The van der Waals surface area contributed by atoms with Gasteiger partial charge < -0.3 is 20.3 Å². The number of rotatable bonds is 5. The first-order valence-corrected chi connectivity index (χ1v) is 16.1. The topological polar surface area (TPSA) is 116 Å². The molecule has 2 saturated carbocycles. The number of piperazine rings is 2. The molecule has 2 aliphatic carbocycles. The second-order valence-electron chi connectivity index (χ2n) is 12.9. The van der Waals surface area contributed by atoms with Crippen LogP contribution in [0.15, 0.2) is 60.7 Å². The predicted molar refractivity (Wildman–Crippen MR) is 166 cm³/mol. The van der Waals surface area contributed by atoms with Crippen LogP contribution >= 0.6 is 0 Å². The SMILES string of the molecule is CC1CN(C(=O)C(=O)OCC(F)(F)F)C(c2ccccc2)CN1C1CC1.CC1CN(C(=O)C(N)=O)C(c2ccccc2)CN1C1CC1. The number of benzene rings is 2. The highest BCUT2D eigenvalue weighted by atomic mass is 19.4. The summed E-state index contributed by atoms with van der Waals surface area (Å²) in [6, 6.07) is 20.0. The van der Waals surface area contributed by atoms with E-state index in [2.05, 4.69) is 21.5 Å². The second-order valence-corrected chi connectivity index (χ2v) is 12.9. The zero-order valence-corrected chi connectivity index (χ0v) is 26.6. The molecule has 4 atom stereocenters. The number of carbonyl (C=O) groups excluding carboxylic acids is 4. The lowest BCUT2D eigenvalue weighted by molar-refractivity contribution is -0.190. The maximum Gasteiger partial charge on any atom is 0.422 e. The van der Waals surface area contributed by atoms with E-state index in [0.29, 0.717) is 25.2 Å². The summed E-state index contributed by atoms with van der Waals surface area (Å²) in [4.78, 5) is 55.6. The molecule has 2 saturated heterocycles. The number of hydrogen-bond donors (Lipinski definition) is 1. The van der Waals surface area contributed by atoms with E-state index in [4.69, 9.17) is 5.73 Å². The van der Waals surface area contributed by atoms with Crippen LogP contribution in [0.3, 0.4) is 0 Å². The first kappa shape index (κ1) is 34.4. The molecule has 4 fully saturated rings. The van der Waals surface area contributed by atoms with Crippen molar-refractivity contribution < 1.29 is 37.1 Å². The van der Waals surface area contributed by atoms with Crippen molar-refractivity contribution in [2.45, 2.75) is 82.0 Å². The van der Waals surface area contributed by atoms with Crippen molar-refractivity contribution in [1.82, 2.24) is 19.6 Å². The molecule has 2 aromatic rings. The summed E-state index contributed by atoms with van der Waals surface area (Å²) in [6.07, 6.45) is 0.0127. The Bertz CT molecular complexity index is 1420. The molecule has 2 N–H and O–H groups in total. The fraction of sp³-hybridized carbons (Fsp3) is 0.529. The van der Waals surface area contributed by atoms with Crippen molar-refractivity contribution in [2.75, 3.05) is 32.8 Å². The highest BCUT2D eigenvalue weighted by Gasteiger charge is 2.44. The van der Waals surface area contributed by atoms with Crippen molar-refractivity contribution in [3.63, 3.8) is 0 Å². The van der Waals surface area contributed by atoms with Crippen molar-refractivity contribution in [3.8, 4) is 0 Å². The van der Waals surface area contributed by atoms with E-state index >= 15 is 0 Å². The fourth-order valence-corrected chi connectivity index (χ4v) is 6.66. The van der Waals surface area contributed by atoms with E-state index in [0.717, 1.165) is 30.5 Å². The van der Waals surface area contributed by atoms with E-state index in [1.807, 2.05) is 67.6 Å². The molecule has 0 radical (unpaired) electrons. The third-order valence-electron chi connectivity index (χ3n) is 9.25. The number of halogens is 3. The summed E-state index contributed by atoms with van der Waals surface area (Å²) in [7, 11) is 0. The van der Waals surface area contributed by atoms with Crippen molar-refractivity contribution >= 4 is 23.7 Å². The maximum atomic E-state index is 12.5. The third-order valence-corrected chi connectivity index (χ3v) is 9.25. The lowest BCUT2D eigenvalue weighted by Crippen LogP contribution is -2.57. The standard InChI is InChI=1S/C18H21F3N2O3.C16H21N3O2/c1-12-9-23(16(24)17(25)26-11-18(19,20)21)15(10-22(12)14-7-8-14)13-5-3-2-4-6-13;1-11-9-19(16(21)15(17)20)14(10-18(11)13-7-8-13)12-5-3-2-4-6-12/h2-6,12,14-15H,7-11H2,1H3;2-6,11,13-14H,7-10H2,1H3,(H2,17,20). The molecule has 0 aromatic heterocycles. The average Bonchev–Trinajstić information content (AvgIpc) is 3.98. The molecule has 2 heterocycles. The smallest absolute Gasteiger partial charge is 0.422 e. The molecule has 4 unspecified atom stereocenters. The summed E-state index contributed by atoms with van der Waals surface area (Å²) >= 11 is 0. The Labute approximate surface area is 272 Å². The van der Waals surface area contributed by atoms with Crippen LogP contribution in [0, 0.1) is 0 Å². The van der Waals surface area contributed by atoms with Gasteiger partial charge in [0, 0.05) is 50.3 Å². The molecule has 13 heteroatoms. The summed E-state index contributed by atoms with van der Waals surface area (Å²) in [5.74, 6) is -3.94. The molecule has 4 aliphatic rings. The van der Waals surface area contributed by atoms with Gasteiger partial charge in [-0.15, -0.1) is 0 Å². The lowest BCUT2D eigenvalue weighted by Gasteiger charge is -2.45. The fourth-order valence-electron chi connectivity index (χ4n) is 6.66. The summed E-state index contributed by atoms with van der Waals surface area (Å²) in [5, 5.41) is 0. The number of alkyl halides is 3. The van der Waals surface area contributed by atoms with Gasteiger partial charge in [-0.1, -0.05) is 60.7 Å². The molecular weight excluding hydrogens is 615 g/mol. The van der Waals surface area contributed by atoms with Crippen LogP contribution in [0.1, 0.15) is 62.7 Å². The van der Waals surface area contributed by atoms with Crippen molar-refractivity contribution in [2.24, 2.45) is 5.73 Å². The van der Waals surface area contributed by atoms with Gasteiger partial charge in [0.1, 0.15) is 0 Å². The molecular formula is C34H42F3N5O5. The number of esters is 1. The average molecular weight is 658 g/mol. The minimum atomic E-state index is -4.66. The van der Waals surface area contributed by atoms with Crippen LogP contribution in [0.2, 0.25) is 0 Å². The van der Waals surface area contributed by atoms with Crippen molar-refractivity contribution in [3.05, 3.63) is 71.8 Å². The van der Waals surface area contributed by atoms with Crippen LogP contribution in [0.5, 0.6) is 0 Å². The number of ether oxygens (including phenoxy) is 1. The molecule has 2 aromatic carbocycles. The second kappa shape index (κ2) is 14.4. The zero-order valence-electron chi connectivity index (χ0n) is 26.6. The van der Waals surface area contributed by atoms with E-state index in [1.165, 1.54) is 17.7 Å². The summed E-state index contributed by atoms with van der Waals surface area (Å²) in [5.41, 5.74) is 7.12. The minimum absolute atomic E-state index is 0.0295. The first-order chi connectivity index (χ1) is 22.3. The van der Waals surface area contributed by atoms with Gasteiger partial charge in [-0.2, -0.15) is 13.2 Å². The highest BCUT2D eigenvalue weighted by molar-refractivity contribution is 6.34. The Morgan fingerprint density at radius 3 is 1.47 bits per heavy atom. The maximum absolute atomic E-state index is 12.5. The Morgan fingerprint density at radius 1 is 0.702 bits per heavy atom. The van der Waals surface area contributed by atoms with Crippen molar-refractivity contribution in [1.29, 1.82) is 0 Å². The normalized spacial score (nSPS) is 25.4. The number of nitrogens with two attached hydrogens (primary N) is 1. The van der Waals surface area contributed by atoms with Gasteiger partial charge in [0.2, 0.25) is 0 Å². The molecule has 0 spiro atoms. The zero-order chi connectivity index (χ0) is 33.9. The molecule has 10 nitrogen and oxygen atoms in total. The van der Waals surface area contributed by atoms with Crippen LogP contribution in [0.25, 0.3) is 0 Å². The van der Waals surface area contributed by atoms with Crippen LogP contribution in [-0.4, -0.2) is 106 Å². The first-order valence-electron chi connectivity index (χ1n) is 16.1. The minimum Gasteiger partial charge on any atom is -0.449 e. The monoisotopic (exact) mass is 657 g/mol. The quantitative estimate of drug-likeness (QED) is 0.387. The molecule has 254 valence electrons. The molecule has 47 heavy (non-hydrogen) atoms. The number of amides is 3. The van der Waals surface area contributed by atoms with Gasteiger partial charge in [-0.3, -0.25) is 24.2 Å².